The lowest BCUT2D eigenvalue weighted by Crippen LogP contribution is -1.94. The van der Waals surface area contributed by atoms with Crippen molar-refractivity contribution in [1.82, 2.24) is 0 Å². The molecular formula is C18H20Cl2O2. The fourth-order valence-electron chi connectivity index (χ4n) is 1.78. The van der Waals surface area contributed by atoms with Crippen LogP contribution in [0.15, 0.2) is 48.5 Å². The van der Waals surface area contributed by atoms with Crippen molar-refractivity contribution in [3.63, 3.8) is 0 Å². The Bertz CT molecular complexity index is 574. The molecule has 0 radical (unpaired) electrons. The molecule has 0 saturated heterocycles. The van der Waals surface area contributed by atoms with Gasteiger partial charge in [0, 0.05) is 16.5 Å². The van der Waals surface area contributed by atoms with Crippen LogP contribution in [0.25, 0.3) is 0 Å². The standard InChI is InChI=1S/C14H12Cl2.C4H8O2/c15-13-8-6-11(7-9-13)4-5-12-2-1-3-14(16)10-12;1-3-4(5)6-2/h1-3,6-10H,4-5H2;3H2,1-2H3. The van der Waals surface area contributed by atoms with Gasteiger partial charge in [-0.1, -0.05) is 54.4 Å². The van der Waals surface area contributed by atoms with Crippen LogP contribution in [0.2, 0.25) is 10.0 Å². The van der Waals surface area contributed by atoms with Gasteiger partial charge in [-0.15, -0.1) is 0 Å². The fraction of sp³-hybridized carbons (Fsp3) is 0.278. The SMILES string of the molecule is CCC(=O)OC.Clc1ccc(CCc2cccc(Cl)c2)cc1. The van der Waals surface area contributed by atoms with Crippen molar-refractivity contribution in [3.05, 3.63) is 69.7 Å². The lowest BCUT2D eigenvalue weighted by atomic mass is 10.0. The van der Waals surface area contributed by atoms with E-state index in [0.29, 0.717) is 6.42 Å². The van der Waals surface area contributed by atoms with Crippen molar-refractivity contribution in [2.75, 3.05) is 7.11 Å². The largest absolute Gasteiger partial charge is 0.469 e. The molecule has 0 aliphatic rings. The van der Waals surface area contributed by atoms with E-state index in [-0.39, 0.29) is 5.97 Å². The Morgan fingerprint density at radius 1 is 0.955 bits per heavy atom. The van der Waals surface area contributed by atoms with Gasteiger partial charge in [0.05, 0.1) is 7.11 Å². The molecule has 4 heteroatoms. The van der Waals surface area contributed by atoms with Crippen molar-refractivity contribution in [2.45, 2.75) is 26.2 Å². The van der Waals surface area contributed by atoms with E-state index in [9.17, 15) is 4.79 Å². The number of rotatable bonds is 4. The molecule has 0 saturated carbocycles. The molecule has 0 aliphatic heterocycles. The van der Waals surface area contributed by atoms with Gasteiger partial charge in [-0.05, 0) is 48.2 Å². The minimum atomic E-state index is -0.157. The molecule has 0 atom stereocenters. The van der Waals surface area contributed by atoms with Gasteiger partial charge >= 0.3 is 5.97 Å². The van der Waals surface area contributed by atoms with E-state index in [1.54, 1.807) is 6.92 Å². The first-order valence-corrected chi connectivity index (χ1v) is 7.86. The van der Waals surface area contributed by atoms with Crippen LogP contribution in [0, 0.1) is 0 Å². The lowest BCUT2D eigenvalue weighted by Gasteiger charge is -2.02. The summed E-state index contributed by atoms with van der Waals surface area (Å²) in [6.07, 6.45) is 2.48. The van der Waals surface area contributed by atoms with Gasteiger partial charge < -0.3 is 4.74 Å². The van der Waals surface area contributed by atoms with Gasteiger partial charge in [-0.25, -0.2) is 0 Å². The quantitative estimate of drug-likeness (QED) is 0.702. The van der Waals surface area contributed by atoms with Gasteiger partial charge in [0.25, 0.3) is 0 Å². The van der Waals surface area contributed by atoms with E-state index in [2.05, 4.69) is 22.9 Å². The number of ether oxygens (including phenoxy) is 1. The molecule has 0 amide bonds. The number of methoxy groups -OCH3 is 1. The number of carbonyl (C=O) groups excluding carboxylic acids is 1. The second-order valence-electron chi connectivity index (χ2n) is 4.69. The molecule has 2 aromatic carbocycles. The van der Waals surface area contributed by atoms with Crippen LogP contribution in [-0.4, -0.2) is 13.1 Å². The summed E-state index contributed by atoms with van der Waals surface area (Å²) in [5.74, 6) is -0.157. The monoisotopic (exact) mass is 338 g/mol. The van der Waals surface area contributed by atoms with Crippen LogP contribution in [0.4, 0.5) is 0 Å². The second kappa shape index (κ2) is 10.3. The Kier molecular flexibility index (Phi) is 8.64. The van der Waals surface area contributed by atoms with Crippen LogP contribution in [-0.2, 0) is 22.4 Å². The first kappa shape index (κ1) is 18.5. The predicted molar refractivity (Wildman–Crippen MR) is 92.6 cm³/mol. The molecule has 22 heavy (non-hydrogen) atoms. The summed E-state index contributed by atoms with van der Waals surface area (Å²) >= 11 is 11.8. The third kappa shape index (κ3) is 7.48. The predicted octanol–water partition coefficient (Wildman–Crippen LogP) is 5.35. The van der Waals surface area contributed by atoms with Gasteiger partial charge in [0.2, 0.25) is 0 Å². The van der Waals surface area contributed by atoms with Crippen LogP contribution < -0.4 is 0 Å². The minimum Gasteiger partial charge on any atom is -0.469 e. The molecule has 0 N–H and O–H groups in total. The van der Waals surface area contributed by atoms with E-state index in [0.717, 1.165) is 22.9 Å². The van der Waals surface area contributed by atoms with Gasteiger partial charge in [0.15, 0.2) is 0 Å². The summed E-state index contributed by atoms with van der Waals surface area (Å²) < 4.78 is 4.26. The Hall–Kier alpha value is -1.51. The van der Waals surface area contributed by atoms with Gasteiger partial charge in [-0.3, -0.25) is 4.79 Å². The number of hydrogen-bond acceptors (Lipinski definition) is 2. The van der Waals surface area contributed by atoms with Crippen molar-refractivity contribution < 1.29 is 9.53 Å². The molecule has 118 valence electrons. The normalized spacial score (nSPS) is 9.64. The maximum absolute atomic E-state index is 9.96. The molecule has 0 heterocycles. The number of aryl methyl sites for hydroxylation is 2. The summed E-state index contributed by atoms with van der Waals surface area (Å²) in [7, 11) is 1.38. The highest BCUT2D eigenvalue weighted by Gasteiger charge is 1.97. The molecule has 2 rings (SSSR count). The first-order chi connectivity index (χ1) is 10.5. The van der Waals surface area contributed by atoms with E-state index >= 15 is 0 Å². The maximum atomic E-state index is 9.96. The van der Waals surface area contributed by atoms with E-state index in [1.807, 2.05) is 30.3 Å². The van der Waals surface area contributed by atoms with Crippen LogP contribution >= 0.6 is 23.2 Å². The number of hydrogen-bond donors (Lipinski definition) is 0. The Morgan fingerprint density at radius 3 is 2.09 bits per heavy atom. The molecule has 0 aromatic heterocycles. The Balaban J connectivity index is 0.000000346. The highest BCUT2D eigenvalue weighted by Crippen LogP contribution is 2.14. The summed E-state index contributed by atoms with van der Waals surface area (Å²) in [4.78, 5) is 9.96. The van der Waals surface area contributed by atoms with E-state index < -0.39 is 0 Å². The molecule has 0 unspecified atom stereocenters. The van der Waals surface area contributed by atoms with Gasteiger partial charge in [0.1, 0.15) is 0 Å². The Morgan fingerprint density at radius 2 is 1.59 bits per heavy atom. The highest BCUT2D eigenvalue weighted by molar-refractivity contribution is 6.30. The van der Waals surface area contributed by atoms with Crippen molar-refractivity contribution in [1.29, 1.82) is 0 Å². The second-order valence-corrected chi connectivity index (χ2v) is 5.56. The summed E-state index contributed by atoms with van der Waals surface area (Å²) in [6.45, 7) is 1.76. The third-order valence-electron chi connectivity index (χ3n) is 3.02. The average molecular weight is 339 g/mol. The third-order valence-corrected chi connectivity index (χ3v) is 3.51. The molecule has 0 fully saturated rings. The van der Waals surface area contributed by atoms with E-state index in [4.69, 9.17) is 23.2 Å². The highest BCUT2D eigenvalue weighted by atomic mass is 35.5. The molecule has 2 nitrogen and oxygen atoms in total. The van der Waals surface area contributed by atoms with Crippen molar-refractivity contribution >= 4 is 29.2 Å². The van der Waals surface area contributed by atoms with E-state index in [1.165, 1.54) is 18.2 Å². The first-order valence-electron chi connectivity index (χ1n) is 7.10. The number of esters is 1. The fourth-order valence-corrected chi connectivity index (χ4v) is 2.12. The molecular weight excluding hydrogens is 319 g/mol. The zero-order valence-electron chi connectivity index (χ0n) is 12.8. The number of halogens is 2. The van der Waals surface area contributed by atoms with Crippen molar-refractivity contribution in [2.24, 2.45) is 0 Å². The molecule has 2 aromatic rings. The molecule has 0 bridgehead atoms. The van der Waals surface area contributed by atoms with Gasteiger partial charge in [-0.2, -0.15) is 0 Å². The van der Waals surface area contributed by atoms with Crippen LogP contribution in [0.3, 0.4) is 0 Å². The summed E-state index contributed by atoms with van der Waals surface area (Å²) in [6, 6.07) is 16.0. The topological polar surface area (TPSA) is 26.3 Å². The summed E-state index contributed by atoms with van der Waals surface area (Å²) in [5.41, 5.74) is 2.56. The average Bonchev–Trinajstić information content (AvgIpc) is 2.54. The number of benzene rings is 2. The smallest absolute Gasteiger partial charge is 0.305 e. The number of carbonyl (C=O) groups is 1. The zero-order valence-corrected chi connectivity index (χ0v) is 14.3. The Labute approximate surface area is 142 Å². The van der Waals surface area contributed by atoms with Crippen LogP contribution in [0.5, 0.6) is 0 Å². The molecule has 0 aliphatic carbocycles. The molecule has 0 spiro atoms. The van der Waals surface area contributed by atoms with Crippen LogP contribution in [0.1, 0.15) is 24.5 Å². The summed E-state index contributed by atoms with van der Waals surface area (Å²) in [5, 5.41) is 1.58. The zero-order chi connectivity index (χ0) is 16.4. The lowest BCUT2D eigenvalue weighted by molar-refractivity contribution is -0.140. The maximum Gasteiger partial charge on any atom is 0.305 e. The van der Waals surface area contributed by atoms with Crippen molar-refractivity contribution in [3.8, 4) is 0 Å². The minimum absolute atomic E-state index is 0.157.